The predicted molar refractivity (Wildman–Crippen MR) is 119 cm³/mol. The molecule has 0 spiro atoms. The van der Waals surface area contributed by atoms with Gasteiger partial charge in [-0.05, 0) is 54.6 Å². The number of hydrogen-bond acceptors (Lipinski definition) is 4. The number of aromatic nitrogens is 3. The van der Waals surface area contributed by atoms with Crippen molar-refractivity contribution in [2.75, 3.05) is 24.4 Å². The van der Waals surface area contributed by atoms with Crippen LogP contribution in [-0.2, 0) is 0 Å². The Morgan fingerprint density at radius 2 is 1.73 bits per heavy atom. The number of fused-ring (bicyclic) bond motifs is 4. The van der Waals surface area contributed by atoms with Gasteiger partial charge in [0.05, 0.1) is 18.1 Å². The molecule has 7 nitrogen and oxygen atoms in total. The number of carbonyl (C=O) groups is 1. The quantitative estimate of drug-likeness (QED) is 0.452. The molecule has 2 heterocycles. The Labute approximate surface area is 172 Å². The number of nitrogens with zero attached hydrogens (tertiary/aromatic N) is 3. The minimum absolute atomic E-state index is 0.240. The van der Waals surface area contributed by atoms with Crippen molar-refractivity contribution in [3.63, 3.8) is 0 Å². The summed E-state index contributed by atoms with van der Waals surface area (Å²) in [6.07, 6.45) is 0. The van der Waals surface area contributed by atoms with Gasteiger partial charge in [0.15, 0.2) is 5.65 Å². The predicted octanol–water partition coefficient (Wildman–Crippen LogP) is 4.94. The van der Waals surface area contributed by atoms with Crippen molar-refractivity contribution in [3.05, 3.63) is 66.7 Å². The van der Waals surface area contributed by atoms with E-state index in [4.69, 9.17) is 9.72 Å². The first-order valence-corrected chi connectivity index (χ1v) is 9.49. The van der Waals surface area contributed by atoms with Crippen LogP contribution < -0.4 is 15.0 Å². The maximum Gasteiger partial charge on any atom is 0.326 e. The summed E-state index contributed by atoms with van der Waals surface area (Å²) in [5.74, 6) is 0.742. The van der Waals surface area contributed by atoms with E-state index in [9.17, 15) is 4.79 Å². The summed E-state index contributed by atoms with van der Waals surface area (Å²) in [6.45, 7) is 0. The number of H-pyrrole nitrogens is 1. The van der Waals surface area contributed by atoms with E-state index in [0.717, 1.165) is 44.5 Å². The maximum atomic E-state index is 12.7. The third-order valence-electron chi connectivity index (χ3n) is 5.11. The smallest absolute Gasteiger partial charge is 0.326 e. The van der Waals surface area contributed by atoms with Crippen molar-refractivity contribution >= 4 is 50.5 Å². The molecular formula is C23H19N5O2. The molecule has 0 saturated heterocycles. The van der Waals surface area contributed by atoms with E-state index >= 15 is 0 Å². The molecule has 2 aromatic heterocycles. The van der Waals surface area contributed by atoms with E-state index in [1.807, 2.05) is 66.7 Å². The summed E-state index contributed by atoms with van der Waals surface area (Å²) < 4.78 is 5.17. The standard InChI is InChI=1S/C23H19N5O2/c1-28(15-8-10-16(30-2)11-9-15)23(29)24-14-7-12-18-17(13-14)21-22(26-18)27-20-6-4-3-5-19(20)25-21/h3-13H,1-2H3,(H,24,29)(H,26,27). The summed E-state index contributed by atoms with van der Waals surface area (Å²) in [5, 5.41) is 3.86. The molecule has 3 aromatic carbocycles. The highest BCUT2D eigenvalue weighted by Gasteiger charge is 2.13. The summed E-state index contributed by atoms with van der Waals surface area (Å²) in [7, 11) is 3.33. The second-order valence-corrected chi connectivity index (χ2v) is 6.98. The average molecular weight is 397 g/mol. The Bertz CT molecular complexity index is 1390. The van der Waals surface area contributed by atoms with Crippen molar-refractivity contribution in [2.24, 2.45) is 0 Å². The summed E-state index contributed by atoms with van der Waals surface area (Å²) in [4.78, 5) is 27.0. The minimum atomic E-state index is -0.240. The van der Waals surface area contributed by atoms with E-state index in [0.29, 0.717) is 5.69 Å². The van der Waals surface area contributed by atoms with Crippen molar-refractivity contribution in [1.82, 2.24) is 15.0 Å². The fourth-order valence-electron chi connectivity index (χ4n) is 3.46. The number of amides is 2. The molecule has 0 atom stereocenters. The maximum absolute atomic E-state index is 12.7. The molecule has 148 valence electrons. The highest BCUT2D eigenvalue weighted by Crippen LogP contribution is 2.27. The van der Waals surface area contributed by atoms with Crippen LogP contribution in [0.25, 0.3) is 33.1 Å². The molecule has 5 aromatic rings. The molecule has 7 heteroatoms. The van der Waals surface area contributed by atoms with Gasteiger partial charge in [0.2, 0.25) is 0 Å². The monoisotopic (exact) mass is 397 g/mol. The van der Waals surface area contributed by atoms with Gasteiger partial charge in [0, 0.05) is 29.3 Å². The number of rotatable bonds is 3. The Balaban J connectivity index is 1.47. The SMILES string of the molecule is COc1ccc(N(C)C(=O)Nc2ccc3[nH]c4nc5ccccc5nc4c3c2)cc1. The van der Waals surface area contributed by atoms with Crippen molar-refractivity contribution in [3.8, 4) is 5.75 Å². The van der Waals surface area contributed by atoms with Gasteiger partial charge < -0.3 is 15.0 Å². The topological polar surface area (TPSA) is 83.1 Å². The number of ether oxygens (including phenoxy) is 1. The van der Waals surface area contributed by atoms with Crippen LogP contribution in [0, 0.1) is 0 Å². The molecule has 2 N–H and O–H groups in total. The number of nitrogens with one attached hydrogen (secondary N) is 2. The summed E-state index contributed by atoms with van der Waals surface area (Å²) in [5.41, 5.74) is 5.54. The van der Waals surface area contributed by atoms with E-state index in [-0.39, 0.29) is 6.03 Å². The fourth-order valence-corrected chi connectivity index (χ4v) is 3.46. The number of para-hydroxylation sites is 2. The number of urea groups is 1. The summed E-state index contributed by atoms with van der Waals surface area (Å²) in [6, 6.07) is 20.5. The van der Waals surface area contributed by atoms with Crippen LogP contribution >= 0.6 is 0 Å². The molecule has 0 bridgehead atoms. The Hall–Kier alpha value is -4.13. The number of hydrogen-bond donors (Lipinski definition) is 2. The third kappa shape index (κ3) is 3.06. The molecule has 0 saturated carbocycles. The van der Waals surface area contributed by atoms with Crippen LogP contribution in [0.3, 0.4) is 0 Å². The number of aromatic amines is 1. The molecule has 0 aliphatic rings. The van der Waals surface area contributed by atoms with Crippen LogP contribution in [0.4, 0.5) is 16.2 Å². The number of benzene rings is 3. The normalized spacial score (nSPS) is 11.1. The van der Waals surface area contributed by atoms with Crippen molar-refractivity contribution in [1.29, 1.82) is 0 Å². The van der Waals surface area contributed by atoms with Gasteiger partial charge in [0.25, 0.3) is 0 Å². The van der Waals surface area contributed by atoms with Gasteiger partial charge in [-0.25, -0.2) is 14.8 Å². The van der Waals surface area contributed by atoms with Gasteiger partial charge in [-0.2, -0.15) is 0 Å². The first kappa shape index (κ1) is 17.9. The van der Waals surface area contributed by atoms with Gasteiger partial charge in [-0.15, -0.1) is 0 Å². The Kier molecular flexibility index (Phi) is 4.21. The lowest BCUT2D eigenvalue weighted by atomic mass is 10.2. The zero-order valence-corrected chi connectivity index (χ0v) is 16.5. The number of carbonyl (C=O) groups excluding carboxylic acids is 1. The van der Waals surface area contributed by atoms with Gasteiger partial charge in [-0.1, -0.05) is 12.1 Å². The van der Waals surface area contributed by atoms with Crippen LogP contribution in [0.5, 0.6) is 5.75 Å². The highest BCUT2D eigenvalue weighted by molar-refractivity contribution is 6.08. The number of anilines is 2. The summed E-state index contributed by atoms with van der Waals surface area (Å²) >= 11 is 0. The first-order valence-electron chi connectivity index (χ1n) is 9.49. The van der Waals surface area contributed by atoms with Gasteiger partial charge in [-0.3, -0.25) is 4.90 Å². The largest absolute Gasteiger partial charge is 0.497 e. The lowest BCUT2D eigenvalue weighted by molar-refractivity contribution is 0.258. The first-order chi connectivity index (χ1) is 14.6. The zero-order valence-electron chi connectivity index (χ0n) is 16.5. The zero-order chi connectivity index (χ0) is 20.7. The van der Waals surface area contributed by atoms with Crippen LogP contribution in [0.1, 0.15) is 0 Å². The number of methoxy groups -OCH3 is 1. The molecule has 0 unspecified atom stereocenters. The second kappa shape index (κ2) is 7.04. The molecule has 0 aliphatic heterocycles. The molecule has 0 aliphatic carbocycles. The van der Waals surface area contributed by atoms with Crippen molar-refractivity contribution in [2.45, 2.75) is 0 Å². The van der Waals surface area contributed by atoms with E-state index in [2.05, 4.69) is 15.3 Å². The van der Waals surface area contributed by atoms with E-state index in [1.54, 1.807) is 19.1 Å². The van der Waals surface area contributed by atoms with Crippen LogP contribution in [-0.4, -0.2) is 35.1 Å². The van der Waals surface area contributed by atoms with Crippen molar-refractivity contribution < 1.29 is 9.53 Å². The van der Waals surface area contributed by atoms with Gasteiger partial charge in [0.1, 0.15) is 11.3 Å². The highest BCUT2D eigenvalue weighted by atomic mass is 16.5. The third-order valence-corrected chi connectivity index (χ3v) is 5.11. The molecule has 0 radical (unpaired) electrons. The fraction of sp³-hybridized carbons (Fsp3) is 0.0870. The lowest BCUT2D eigenvalue weighted by Crippen LogP contribution is -2.31. The minimum Gasteiger partial charge on any atom is -0.497 e. The van der Waals surface area contributed by atoms with Gasteiger partial charge >= 0.3 is 6.03 Å². The van der Waals surface area contributed by atoms with E-state index in [1.165, 1.54) is 0 Å². The van der Waals surface area contributed by atoms with E-state index < -0.39 is 0 Å². The lowest BCUT2D eigenvalue weighted by Gasteiger charge is -2.18. The average Bonchev–Trinajstić information content (AvgIpc) is 3.13. The second-order valence-electron chi connectivity index (χ2n) is 6.98. The Morgan fingerprint density at radius 3 is 2.47 bits per heavy atom. The molecule has 30 heavy (non-hydrogen) atoms. The molecule has 0 fully saturated rings. The molecule has 5 rings (SSSR count). The molecule has 2 amide bonds. The van der Waals surface area contributed by atoms with Crippen LogP contribution in [0.2, 0.25) is 0 Å². The van der Waals surface area contributed by atoms with Crippen LogP contribution in [0.15, 0.2) is 66.7 Å². The Morgan fingerprint density at radius 1 is 1.00 bits per heavy atom. The molecular weight excluding hydrogens is 378 g/mol.